The van der Waals surface area contributed by atoms with Gasteiger partial charge in [-0.2, -0.15) is 11.8 Å². The number of hydrogen-bond donors (Lipinski definition) is 0. The van der Waals surface area contributed by atoms with Crippen LogP contribution >= 0.6 is 11.8 Å². The van der Waals surface area contributed by atoms with E-state index in [9.17, 15) is 0 Å². The molecule has 4 rings (SSSR count). The van der Waals surface area contributed by atoms with Gasteiger partial charge < -0.3 is 9.30 Å². The van der Waals surface area contributed by atoms with Crippen LogP contribution in [0.3, 0.4) is 0 Å². The molecular weight excluding hydrogens is 282 g/mol. The maximum atomic E-state index is 5.72. The number of ether oxygens (including phenoxy) is 1. The zero-order chi connectivity index (χ0) is 14.1. The zero-order valence-electron chi connectivity index (χ0n) is 12.2. The van der Waals surface area contributed by atoms with Gasteiger partial charge in [0.25, 0.3) is 0 Å². The molecule has 0 aliphatic carbocycles. The normalized spacial score (nSPS) is 24.5. The molecule has 2 aliphatic heterocycles. The van der Waals surface area contributed by atoms with Crippen LogP contribution in [0.2, 0.25) is 0 Å². The van der Waals surface area contributed by atoms with E-state index in [4.69, 9.17) is 9.72 Å². The molecule has 2 saturated heterocycles. The Kier molecular flexibility index (Phi) is 3.86. The lowest BCUT2D eigenvalue weighted by molar-refractivity contribution is 0.0589. The molecule has 0 spiro atoms. The summed E-state index contributed by atoms with van der Waals surface area (Å²) < 4.78 is 8.11. The molecule has 0 amide bonds. The third-order valence-corrected chi connectivity index (χ3v) is 5.61. The van der Waals surface area contributed by atoms with E-state index >= 15 is 0 Å². The van der Waals surface area contributed by atoms with E-state index in [2.05, 4.69) is 27.4 Å². The first-order chi connectivity index (χ1) is 10.4. The number of nitrogens with zero attached hydrogens (tertiary/aromatic N) is 3. The first-order valence-corrected chi connectivity index (χ1v) is 9.07. The van der Waals surface area contributed by atoms with Crippen LogP contribution in [0, 0.1) is 0 Å². The van der Waals surface area contributed by atoms with Crippen molar-refractivity contribution in [3.05, 3.63) is 24.2 Å². The molecule has 1 unspecified atom stereocenters. The van der Waals surface area contributed by atoms with Crippen molar-refractivity contribution in [2.45, 2.75) is 37.6 Å². The molecule has 4 nitrogen and oxygen atoms in total. The fourth-order valence-electron chi connectivity index (χ4n) is 3.48. The molecule has 2 fully saturated rings. The summed E-state index contributed by atoms with van der Waals surface area (Å²) in [5, 5.41) is 0. The molecule has 0 saturated carbocycles. The number of hydrogen-bond acceptors (Lipinski definition) is 4. The van der Waals surface area contributed by atoms with Crippen LogP contribution in [0.5, 0.6) is 0 Å². The highest BCUT2D eigenvalue weighted by Crippen LogP contribution is 2.35. The van der Waals surface area contributed by atoms with Crippen LogP contribution in [0.1, 0.15) is 43.5 Å². The maximum absolute atomic E-state index is 5.72. The third-order valence-electron chi connectivity index (χ3n) is 4.56. The average Bonchev–Trinajstić information content (AvgIpc) is 2.96. The van der Waals surface area contributed by atoms with E-state index in [0.717, 1.165) is 30.8 Å². The molecule has 2 aliphatic rings. The Morgan fingerprint density at radius 3 is 2.95 bits per heavy atom. The summed E-state index contributed by atoms with van der Waals surface area (Å²) in [6.45, 7) is 1.70. The molecular formula is C16H21N3OS. The predicted octanol–water partition coefficient (Wildman–Crippen LogP) is 3.39. The Morgan fingerprint density at radius 2 is 2.14 bits per heavy atom. The minimum atomic E-state index is 0.406. The lowest BCUT2D eigenvalue weighted by Crippen LogP contribution is -2.25. The summed E-state index contributed by atoms with van der Waals surface area (Å²) >= 11 is 2.06. The summed E-state index contributed by atoms with van der Waals surface area (Å²) in [6.07, 6.45) is 6.67. The smallest absolute Gasteiger partial charge is 0.160 e. The first-order valence-electron chi connectivity index (χ1n) is 7.92. The monoisotopic (exact) mass is 303 g/mol. The Morgan fingerprint density at radius 1 is 1.24 bits per heavy atom. The van der Waals surface area contributed by atoms with Crippen molar-refractivity contribution in [1.29, 1.82) is 0 Å². The van der Waals surface area contributed by atoms with Gasteiger partial charge in [-0.15, -0.1) is 0 Å². The maximum Gasteiger partial charge on any atom is 0.160 e. The van der Waals surface area contributed by atoms with Crippen molar-refractivity contribution in [2.75, 3.05) is 24.7 Å². The van der Waals surface area contributed by atoms with Crippen LogP contribution in [0.15, 0.2) is 18.3 Å². The van der Waals surface area contributed by atoms with Crippen LogP contribution in [0.4, 0.5) is 0 Å². The molecule has 112 valence electrons. The van der Waals surface area contributed by atoms with Gasteiger partial charge in [0.1, 0.15) is 11.3 Å². The summed E-state index contributed by atoms with van der Waals surface area (Å²) in [5.41, 5.74) is 2.08. The number of thioether (sulfide) groups is 1. The second kappa shape index (κ2) is 5.97. The quantitative estimate of drug-likeness (QED) is 0.852. The summed E-state index contributed by atoms with van der Waals surface area (Å²) in [4.78, 5) is 9.56. The standard InChI is InChI=1S/C16H21N3OS/c1-4-14-16(17-7-1)19(13-3-2-8-20-11-13)15(18-14)12-5-9-21-10-6-12/h1,4,7,12-13H,2-3,5-6,8-11H2. The first kappa shape index (κ1) is 13.6. The Balaban J connectivity index is 1.79. The van der Waals surface area contributed by atoms with Crippen molar-refractivity contribution >= 4 is 22.9 Å². The minimum absolute atomic E-state index is 0.406. The van der Waals surface area contributed by atoms with E-state index in [0.29, 0.717) is 12.0 Å². The van der Waals surface area contributed by atoms with Gasteiger partial charge in [-0.3, -0.25) is 0 Å². The van der Waals surface area contributed by atoms with Crippen molar-refractivity contribution in [3.63, 3.8) is 0 Å². The number of imidazole rings is 1. The van der Waals surface area contributed by atoms with E-state index in [1.165, 1.54) is 36.6 Å². The Bertz CT molecular complexity index is 615. The highest BCUT2D eigenvalue weighted by Gasteiger charge is 2.27. The van der Waals surface area contributed by atoms with Crippen LogP contribution in [-0.2, 0) is 4.74 Å². The second-order valence-electron chi connectivity index (χ2n) is 5.94. The van der Waals surface area contributed by atoms with Gasteiger partial charge in [-0.25, -0.2) is 9.97 Å². The van der Waals surface area contributed by atoms with Crippen molar-refractivity contribution < 1.29 is 4.74 Å². The fraction of sp³-hybridized carbons (Fsp3) is 0.625. The molecule has 21 heavy (non-hydrogen) atoms. The van der Waals surface area contributed by atoms with Crippen molar-refractivity contribution in [2.24, 2.45) is 0 Å². The highest BCUT2D eigenvalue weighted by molar-refractivity contribution is 7.99. The van der Waals surface area contributed by atoms with Crippen molar-refractivity contribution in [1.82, 2.24) is 14.5 Å². The predicted molar refractivity (Wildman–Crippen MR) is 85.9 cm³/mol. The summed E-state index contributed by atoms with van der Waals surface area (Å²) in [7, 11) is 0. The SMILES string of the molecule is c1cnc2c(c1)nc(C1CCSCC1)n2C1CCCOC1. The number of rotatable bonds is 2. The van der Waals surface area contributed by atoms with Gasteiger partial charge in [0.05, 0.1) is 12.6 Å². The van der Waals surface area contributed by atoms with E-state index in [-0.39, 0.29) is 0 Å². The fourth-order valence-corrected chi connectivity index (χ4v) is 4.58. The van der Waals surface area contributed by atoms with Gasteiger partial charge in [-0.05, 0) is 49.3 Å². The molecule has 1 atom stereocenters. The third kappa shape index (κ3) is 2.57. The van der Waals surface area contributed by atoms with Crippen LogP contribution in [-0.4, -0.2) is 39.3 Å². The van der Waals surface area contributed by atoms with Crippen LogP contribution < -0.4 is 0 Å². The van der Waals surface area contributed by atoms with Gasteiger partial charge in [0.15, 0.2) is 5.65 Å². The van der Waals surface area contributed by atoms with E-state index < -0.39 is 0 Å². The lowest BCUT2D eigenvalue weighted by Gasteiger charge is -2.28. The summed E-state index contributed by atoms with van der Waals surface area (Å²) in [5.74, 6) is 4.34. The topological polar surface area (TPSA) is 39.9 Å². The van der Waals surface area contributed by atoms with Crippen molar-refractivity contribution in [3.8, 4) is 0 Å². The minimum Gasteiger partial charge on any atom is -0.379 e. The molecule has 2 aromatic heterocycles. The van der Waals surface area contributed by atoms with Gasteiger partial charge in [0.2, 0.25) is 0 Å². The van der Waals surface area contributed by atoms with Gasteiger partial charge in [0, 0.05) is 18.7 Å². The van der Waals surface area contributed by atoms with Crippen LogP contribution in [0.25, 0.3) is 11.2 Å². The highest BCUT2D eigenvalue weighted by atomic mass is 32.2. The lowest BCUT2D eigenvalue weighted by atomic mass is 10.0. The molecule has 0 aromatic carbocycles. The van der Waals surface area contributed by atoms with Gasteiger partial charge >= 0.3 is 0 Å². The Hall–Kier alpha value is -1.07. The zero-order valence-corrected chi connectivity index (χ0v) is 13.0. The number of aromatic nitrogens is 3. The number of fused-ring (bicyclic) bond motifs is 1. The molecule has 0 bridgehead atoms. The molecule has 0 radical (unpaired) electrons. The summed E-state index contributed by atoms with van der Waals surface area (Å²) in [6, 6.07) is 4.48. The molecule has 4 heterocycles. The van der Waals surface area contributed by atoms with Gasteiger partial charge in [-0.1, -0.05) is 0 Å². The largest absolute Gasteiger partial charge is 0.379 e. The van der Waals surface area contributed by atoms with E-state index in [1.54, 1.807) is 0 Å². The molecule has 5 heteroatoms. The molecule has 0 N–H and O–H groups in total. The van der Waals surface area contributed by atoms with E-state index in [1.807, 2.05) is 12.3 Å². The average molecular weight is 303 g/mol. The Labute approximate surface area is 129 Å². The second-order valence-corrected chi connectivity index (χ2v) is 7.17. The molecule has 2 aromatic rings. The number of pyridine rings is 1.